The van der Waals surface area contributed by atoms with Gasteiger partial charge in [0, 0.05) is 24.2 Å². The largest absolute Gasteiger partial charge is 0.496 e. The molecule has 23 heavy (non-hydrogen) atoms. The number of carbonyl (C=O) groups excluding carboxylic acids is 1. The number of fused-ring (bicyclic) bond motifs is 1. The van der Waals surface area contributed by atoms with Gasteiger partial charge >= 0.3 is 5.97 Å². The summed E-state index contributed by atoms with van der Waals surface area (Å²) in [6.45, 7) is 1.29. The number of carbonyl (C=O) groups is 2. The van der Waals surface area contributed by atoms with Gasteiger partial charge in [0.05, 0.1) is 20.1 Å². The van der Waals surface area contributed by atoms with Crippen LogP contribution in [0.1, 0.15) is 12.5 Å². The number of aromatic amines is 1. The molecule has 124 valence electrons. The number of aromatic nitrogens is 1. The quantitative estimate of drug-likeness (QED) is 0.714. The Morgan fingerprint density at radius 2 is 2.09 bits per heavy atom. The van der Waals surface area contributed by atoms with Crippen LogP contribution in [0.3, 0.4) is 0 Å². The van der Waals surface area contributed by atoms with Crippen molar-refractivity contribution in [3.05, 3.63) is 30.0 Å². The molecule has 0 saturated carbocycles. The van der Waals surface area contributed by atoms with Crippen LogP contribution in [0.15, 0.2) is 24.4 Å². The van der Waals surface area contributed by atoms with E-state index in [1.165, 1.54) is 14.0 Å². The summed E-state index contributed by atoms with van der Waals surface area (Å²) >= 11 is 0. The molecular weight excluding hydrogens is 300 g/mol. The van der Waals surface area contributed by atoms with Gasteiger partial charge in [-0.3, -0.25) is 4.79 Å². The van der Waals surface area contributed by atoms with Crippen LogP contribution in [0.5, 0.6) is 5.75 Å². The Balaban J connectivity index is 2.22. The van der Waals surface area contributed by atoms with Crippen molar-refractivity contribution in [2.24, 2.45) is 0 Å². The number of carboxylic acids is 1. The molecule has 1 aromatic heterocycles. The van der Waals surface area contributed by atoms with Gasteiger partial charge in [0.15, 0.2) is 5.54 Å². The highest BCUT2D eigenvalue weighted by molar-refractivity contribution is 5.94. The second-order valence-corrected chi connectivity index (χ2v) is 5.49. The topological polar surface area (TPSA) is 101 Å². The Hall–Kier alpha value is -2.54. The fourth-order valence-electron chi connectivity index (χ4n) is 2.49. The number of methoxy groups -OCH3 is 2. The molecule has 2 aromatic rings. The summed E-state index contributed by atoms with van der Waals surface area (Å²) in [5.41, 5.74) is 0.118. The van der Waals surface area contributed by atoms with Crippen molar-refractivity contribution in [3.63, 3.8) is 0 Å². The summed E-state index contributed by atoms with van der Waals surface area (Å²) in [6.07, 6.45) is 1.76. The zero-order valence-electron chi connectivity index (χ0n) is 13.3. The number of H-pyrrole nitrogens is 1. The fraction of sp³-hybridized carbons (Fsp3) is 0.375. The molecule has 3 N–H and O–H groups in total. The first-order valence-electron chi connectivity index (χ1n) is 7.07. The molecule has 0 saturated heterocycles. The summed E-state index contributed by atoms with van der Waals surface area (Å²) in [6, 6.07) is 5.54. The van der Waals surface area contributed by atoms with E-state index in [0.29, 0.717) is 5.75 Å². The average Bonchev–Trinajstić information content (AvgIpc) is 2.90. The van der Waals surface area contributed by atoms with Crippen LogP contribution in [0, 0.1) is 0 Å². The van der Waals surface area contributed by atoms with Gasteiger partial charge in [-0.2, -0.15) is 0 Å². The zero-order valence-corrected chi connectivity index (χ0v) is 13.3. The molecule has 1 aromatic carbocycles. The number of ether oxygens (including phenoxy) is 2. The molecule has 2 rings (SSSR count). The molecule has 7 heteroatoms. The Morgan fingerprint density at radius 1 is 1.35 bits per heavy atom. The van der Waals surface area contributed by atoms with Crippen molar-refractivity contribution in [2.75, 3.05) is 20.8 Å². The van der Waals surface area contributed by atoms with Crippen LogP contribution in [0.25, 0.3) is 10.9 Å². The second kappa shape index (κ2) is 6.70. The number of amides is 1. The number of hydrogen-bond acceptors (Lipinski definition) is 4. The maximum Gasteiger partial charge on any atom is 0.331 e. The minimum absolute atomic E-state index is 0.0347. The minimum Gasteiger partial charge on any atom is -0.496 e. The number of benzene rings is 1. The molecule has 1 heterocycles. The van der Waals surface area contributed by atoms with E-state index in [-0.39, 0.29) is 13.0 Å². The van der Waals surface area contributed by atoms with Gasteiger partial charge in [0.2, 0.25) is 5.91 Å². The van der Waals surface area contributed by atoms with E-state index in [9.17, 15) is 14.7 Å². The van der Waals surface area contributed by atoms with E-state index in [1.807, 2.05) is 18.2 Å². The van der Waals surface area contributed by atoms with E-state index in [4.69, 9.17) is 9.47 Å². The Kier molecular flexibility index (Phi) is 4.90. The first kappa shape index (κ1) is 16.8. The van der Waals surface area contributed by atoms with E-state index in [0.717, 1.165) is 16.5 Å². The third kappa shape index (κ3) is 3.45. The number of nitrogens with one attached hydrogen (secondary N) is 2. The number of rotatable bonds is 7. The molecule has 0 aliphatic carbocycles. The zero-order chi connectivity index (χ0) is 17.0. The van der Waals surface area contributed by atoms with E-state index in [1.54, 1.807) is 13.3 Å². The van der Waals surface area contributed by atoms with E-state index < -0.39 is 17.4 Å². The van der Waals surface area contributed by atoms with Gasteiger partial charge in [-0.25, -0.2) is 4.79 Å². The molecule has 1 unspecified atom stereocenters. The van der Waals surface area contributed by atoms with Gasteiger partial charge in [0.1, 0.15) is 5.75 Å². The Labute approximate surface area is 133 Å². The van der Waals surface area contributed by atoms with Crippen molar-refractivity contribution in [1.29, 1.82) is 0 Å². The lowest BCUT2D eigenvalue weighted by Gasteiger charge is -2.25. The first-order valence-corrected chi connectivity index (χ1v) is 7.07. The molecular formula is C16H20N2O5. The maximum atomic E-state index is 12.3. The summed E-state index contributed by atoms with van der Waals surface area (Å²) in [4.78, 5) is 26.7. The SMILES string of the molecule is COCC(C)(NC(=O)Cc1c[nH]c2cccc(OC)c12)C(=O)O. The molecule has 7 nitrogen and oxygen atoms in total. The van der Waals surface area contributed by atoms with Crippen LogP contribution < -0.4 is 10.1 Å². The standard InChI is InChI=1S/C16H20N2O5/c1-16(9-22-2,15(20)21)18-13(19)7-10-8-17-11-5-4-6-12(23-3)14(10)11/h4-6,8,17H,7,9H2,1-3H3,(H,18,19)(H,20,21). The van der Waals surface area contributed by atoms with Crippen LogP contribution in [-0.4, -0.2) is 48.3 Å². The van der Waals surface area contributed by atoms with Gasteiger partial charge in [-0.15, -0.1) is 0 Å². The van der Waals surface area contributed by atoms with Gasteiger partial charge in [0.25, 0.3) is 0 Å². The minimum atomic E-state index is -1.47. The Bertz CT molecular complexity index is 724. The smallest absolute Gasteiger partial charge is 0.331 e. The molecule has 0 aliphatic heterocycles. The van der Waals surface area contributed by atoms with Crippen molar-refractivity contribution in [1.82, 2.24) is 10.3 Å². The summed E-state index contributed by atoms with van der Waals surface area (Å²) in [7, 11) is 2.95. The molecule has 0 radical (unpaired) electrons. The van der Waals surface area contributed by atoms with Gasteiger partial charge in [-0.05, 0) is 24.6 Å². The molecule has 0 aliphatic rings. The summed E-state index contributed by atoms with van der Waals surface area (Å²) < 4.78 is 10.2. The number of aliphatic carboxylic acids is 1. The molecule has 0 bridgehead atoms. The van der Waals surface area contributed by atoms with Gasteiger partial charge < -0.3 is 24.9 Å². The fourth-order valence-corrected chi connectivity index (χ4v) is 2.49. The predicted molar refractivity (Wildman–Crippen MR) is 84.6 cm³/mol. The van der Waals surface area contributed by atoms with Crippen LogP contribution in [-0.2, 0) is 20.7 Å². The number of hydrogen-bond donors (Lipinski definition) is 3. The predicted octanol–water partition coefficient (Wildman–Crippen LogP) is 1.32. The van der Waals surface area contributed by atoms with Crippen molar-refractivity contribution in [3.8, 4) is 5.75 Å². The molecule has 1 atom stereocenters. The lowest BCUT2D eigenvalue weighted by atomic mass is 10.0. The number of carboxylic acid groups (broad SMARTS) is 1. The maximum absolute atomic E-state index is 12.3. The van der Waals surface area contributed by atoms with Crippen molar-refractivity contribution < 1.29 is 24.2 Å². The monoisotopic (exact) mass is 320 g/mol. The molecule has 0 fully saturated rings. The second-order valence-electron chi connectivity index (χ2n) is 5.49. The lowest BCUT2D eigenvalue weighted by molar-refractivity contribution is -0.149. The highest BCUT2D eigenvalue weighted by Gasteiger charge is 2.35. The van der Waals surface area contributed by atoms with Crippen LogP contribution in [0.4, 0.5) is 0 Å². The molecule has 0 spiro atoms. The van der Waals surface area contributed by atoms with Gasteiger partial charge in [-0.1, -0.05) is 6.07 Å². The van der Waals surface area contributed by atoms with Crippen molar-refractivity contribution in [2.45, 2.75) is 18.9 Å². The van der Waals surface area contributed by atoms with E-state index >= 15 is 0 Å². The normalized spacial score (nSPS) is 13.5. The van der Waals surface area contributed by atoms with Crippen LogP contribution in [0.2, 0.25) is 0 Å². The lowest BCUT2D eigenvalue weighted by Crippen LogP contribution is -2.55. The summed E-state index contributed by atoms with van der Waals surface area (Å²) in [5, 5.41) is 12.6. The van der Waals surface area contributed by atoms with Crippen molar-refractivity contribution >= 4 is 22.8 Å². The Morgan fingerprint density at radius 3 is 2.70 bits per heavy atom. The average molecular weight is 320 g/mol. The third-order valence-corrected chi connectivity index (χ3v) is 3.64. The highest BCUT2D eigenvalue weighted by Crippen LogP contribution is 2.28. The van der Waals surface area contributed by atoms with E-state index in [2.05, 4.69) is 10.3 Å². The molecule has 1 amide bonds. The first-order chi connectivity index (χ1) is 10.9. The van der Waals surface area contributed by atoms with Crippen LogP contribution >= 0.6 is 0 Å². The summed E-state index contributed by atoms with van der Waals surface area (Å²) in [5.74, 6) is -0.896. The highest BCUT2D eigenvalue weighted by atomic mass is 16.5. The third-order valence-electron chi connectivity index (χ3n) is 3.64.